The summed E-state index contributed by atoms with van der Waals surface area (Å²) in [7, 11) is 0. The van der Waals surface area contributed by atoms with Crippen LogP contribution in [0.25, 0.3) is 11.0 Å². The third kappa shape index (κ3) is 7.17. The topological polar surface area (TPSA) is 135 Å². The van der Waals surface area contributed by atoms with Gasteiger partial charge in [-0.15, -0.1) is 0 Å². The Balaban J connectivity index is 0.000000962. The number of carbonyl (C=O) groups is 2. The molecule has 2 aromatic heterocycles. The molecule has 3 heterocycles. The second-order valence-electron chi connectivity index (χ2n) is 10.7. The van der Waals surface area contributed by atoms with Crippen LogP contribution >= 0.6 is 0 Å². The SMILES string of the molecule is C1CC1.Cc1nonc1C(=O)NC(c1nc2ccc(CNC(=O)CC3CC(F)(F)C3)cc2[nH]1)C1CCCCO1. The first-order valence-electron chi connectivity index (χ1n) is 13.6. The molecule has 0 bridgehead atoms. The van der Waals surface area contributed by atoms with Crippen LogP contribution in [-0.2, 0) is 16.1 Å². The van der Waals surface area contributed by atoms with Gasteiger partial charge in [0.25, 0.3) is 5.91 Å². The van der Waals surface area contributed by atoms with E-state index in [1.165, 1.54) is 19.3 Å². The minimum Gasteiger partial charge on any atom is -0.376 e. The highest BCUT2D eigenvalue weighted by molar-refractivity contribution is 5.93. The Bertz CT molecular complexity index is 1290. The van der Waals surface area contributed by atoms with Crippen molar-refractivity contribution < 1.29 is 27.7 Å². The van der Waals surface area contributed by atoms with Crippen LogP contribution in [0.3, 0.4) is 0 Å². The van der Waals surface area contributed by atoms with E-state index >= 15 is 0 Å². The summed E-state index contributed by atoms with van der Waals surface area (Å²) in [5.74, 6) is -3.01. The molecule has 2 atom stereocenters. The van der Waals surface area contributed by atoms with Crippen LogP contribution in [0, 0.1) is 12.8 Å². The number of benzene rings is 1. The lowest BCUT2D eigenvalue weighted by atomic mass is 9.79. The number of aryl methyl sites for hydroxylation is 1. The molecular formula is C27H34F2N6O4. The number of imidazole rings is 1. The fraction of sp³-hybridized carbons (Fsp3) is 0.593. The summed E-state index contributed by atoms with van der Waals surface area (Å²) in [5.41, 5.74) is 2.77. The number of alkyl halides is 2. The van der Waals surface area contributed by atoms with Gasteiger partial charge in [-0.1, -0.05) is 30.5 Å². The first-order chi connectivity index (χ1) is 18.8. The van der Waals surface area contributed by atoms with Gasteiger partial charge in [0.1, 0.15) is 17.6 Å². The Morgan fingerprint density at radius 1 is 1.15 bits per heavy atom. The lowest BCUT2D eigenvalue weighted by molar-refractivity contribution is -0.133. The van der Waals surface area contributed by atoms with Crippen molar-refractivity contribution in [2.75, 3.05) is 6.61 Å². The smallest absolute Gasteiger partial charge is 0.276 e. The molecule has 1 aliphatic heterocycles. The van der Waals surface area contributed by atoms with Gasteiger partial charge in [-0.3, -0.25) is 9.59 Å². The third-order valence-electron chi connectivity index (χ3n) is 7.09. The van der Waals surface area contributed by atoms with Gasteiger partial charge in [0.2, 0.25) is 11.8 Å². The van der Waals surface area contributed by atoms with Crippen LogP contribution in [0.1, 0.15) is 91.4 Å². The fourth-order valence-corrected chi connectivity index (χ4v) is 4.81. The van der Waals surface area contributed by atoms with Crippen LogP contribution in [-0.4, -0.2) is 50.7 Å². The van der Waals surface area contributed by atoms with Crippen LogP contribution < -0.4 is 10.6 Å². The summed E-state index contributed by atoms with van der Waals surface area (Å²) in [5, 5.41) is 13.1. The minimum absolute atomic E-state index is 0.106. The lowest BCUT2D eigenvalue weighted by Gasteiger charge is -2.34. The van der Waals surface area contributed by atoms with E-state index in [9.17, 15) is 18.4 Å². The normalized spacial score (nSPS) is 20.8. The predicted molar refractivity (Wildman–Crippen MR) is 137 cm³/mol. The number of halogens is 2. The number of nitrogens with one attached hydrogen (secondary N) is 3. The van der Waals surface area contributed by atoms with Gasteiger partial charge in [0, 0.05) is 32.4 Å². The molecule has 1 aromatic carbocycles. The Morgan fingerprint density at radius 2 is 1.95 bits per heavy atom. The van der Waals surface area contributed by atoms with Crippen molar-refractivity contribution in [3.05, 3.63) is 41.0 Å². The minimum atomic E-state index is -2.63. The van der Waals surface area contributed by atoms with E-state index in [2.05, 4.69) is 35.5 Å². The van der Waals surface area contributed by atoms with Crippen molar-refractivity contribution in [2.45, 2.75) is 89.3 Å². The average Bonchev–Trinajstić information content (AvgIpc) is 3.63. The summed E-state index contributed by atoms with van der Waals surface area (Å²) in [6, 6.07) is 5.01. The number of amides is 2. The number of nitrogens with zero attached hydrogens (tertiary/aromatic N) is 3. The number of hydrogen-bond acceptors (Lipinski definition) is 7. The highest BCUT2D eigenvalue weighted by atomic mass is 19.3. The quantitative estimate of drug-likeness (QED) is 0.380. The van der Waals surface area contributed by atoms with E-state index in [1.807, 2.05) is 18.2 Å². The molecule has 12 heteroatoms. The highest BCUT2D eigenvalue weighted by Crippen LogP contribution is 2.43. The largest absolute Gasteiger partial charge is 0.376 e. The molecule has 210 valence electrons. The second-order valence-corrected chi connectivity index (χ2v) is 10.7. The molecule has 3 aliphatic rings. The lowest BCUT2D eigenvalue weighted by Crippen LogP contribution is -2.40. The number of H-pyrrole nitrogens is 1. The Hall–Kier alpha value is -3.41. The number of rotatable bonds is 8. The van der Waals surface area contributed by atoms with Crippen molar-refractivity contribution >= 4 is 22.8 Å². The van der Waals surface area contributed by atoms with Crippen molar-refractivity contribution in [2.24, 2.45) is 5.92 Å². The summed E-state index contributed by atoms with van der Waals surface area (Å²) < 4.78 is 36.6. The van der Waals surface area contributed by atoms with Gasteiger partial charge in [-0.25, -0.2) is 18.4 Å². The number of hydrogen-bond donors (Lipinski definition) is 3. The summed E-state index contributed by atoms with van der Waals surface area (Å²) in [6.45, 7) is 2.52. The third-order valence-corrected chi connectivity index (χ3v) is 7.09. The van der Waals surface area contributed by atoms with E-state index < -0.39 is 17.9 Å². The zero-order chi connectivity index (χ0) is 27.4. The number of aromatic nitrogens is 4. The van der Waals surface area contributed by atoms with Gasteiger partial charge in [-0.05, 0) is 55.0 Å². The van der Waals surface area contributed by atoms with E-state index in [1.54, 1.807) is 6.92 Å². The molecular weight excluding hydrogens is 510 g/mol. The number of aromatic amines is 1. The first-order valence-corrected chi connectivity index (χ1v) is 13.6. The van der Waals surface area contributed by atoms with E-state index in [0.29, 0.717) is 23.6 Å². The molecule has 3 aromatic rings. The maximum atomic E-state index is 13.0. The second kappa shape index (κ2) is 11.8. The summed E-state index contributed by atoms with van der Waals surface area (Å²) in [4.78, 5) is 33.0. The number of ether oxygens (including phenoxy) is 1. The monoisotopic (exact) mass is 544 g/mol. The molecule has 3 fully saturated rings. The summed E-state index contributed by atoms with van der Waals surface area (Å²) >= 11 is 0. The van der Waals surface area contributed by atoms with Gasteiger partial charge in [-0.2, -0.15) is 0 Å². The van der Waals surface area contributed by atoms with Crippen LogP contribution in [0.5, 0.6) is 0 Å². The van der Waals surface area contributed by atoms with Gasteiger partial charge >= 0.3 is 0 Å². The zero-order valence-electron chi connectivity index (χ0n) is 22.0. The van der Waals surface area contributed by atoms with Crippen LogP contribution in [0.4, 0.5) is 8.78 Å². The Morgan fingerprint density at radius 3 is 2.59 bits per heavy atom. The molecule has 0 radical (unpaired) electrons. The number of fused-ring (bicyclic) bond motifs is 1. The maximum Gasteiger partial charge on any atom is 0.276 e. The van der Waals surface area contributed by atoms with Crippen LogP contribution in [0.2, 0.25) is 0 Å². The Labute approximate surface area is 224 Å². The van der Waals surface area contributed by atoms with E-state index in [4.69, 9.17) is 4.74 Å². The molecule has 2 aliphatic carbocycles. The highest BCUT2D eigenvalue weighted by Gasteiger charge is 2.45. The van der Waals surface area contributed by atoms with Gasteiger partial charge < -0.3 is 20.4 Å². The molecule has 1 saturated heterocycles. The Kier molecular flexibility index (Phi) is 8.20. The fourth-order valence-electron chi connectivity index (χ4n) is 4.81. The van der Waals surface area contributed by atoms with E-state index in [-0.39, 0.29) is 49.4 Å². The van der Waals surface area contributed by atoms with Gasteiger partial charge in [0.15, 0.2) is 5.69 Å². The van der Waals surface area contributed by atoms with Crippen molar-refractivity contribution in [1.82, 2.24) is 30.9 Å². The molecule has 2 saturated carbocycles. The van der Waals surface area contributed by atoms with Crippen molar-refractivity contribution in [3.63, 3.8) is 0 Å². The molecule has 10 nitrogen and oxygen atoms in total. The molecule has 2 amide bonds. The van der Waals surface area contributed by atoms with Crippen LogP contribution in [0.15, 0.2) is 22.8 Å². The van der Waals surface area contributed by atoms with Crippen molar-refractivity contribution in [3.8, 4) is 0 Å². The molecule has 3 N–H and O–H groups in total. The predicted octanol–water partition coefficient (Wildman–Crippen LogP) is 4.52. The molecule has 2 unspecified atom stereocenters. The van der Waals surface area contributed by atoms with E-state index in [0.717, 1.165) is 30.3 Å². The van der Waals surface area contributed by atoms with Gasteiger partial charge in [0.05, 0.1) is 17.1 Å². The molecule has 0 spiro atoms. The first kappa shape index (κ1) is 27.2. The standard InChI is InChI=1S/C24H28F2N6O4.C3H6/c1-13-20(32-36-31-13)23(34)30-21(18-4-2-3-7-35-18)22-28-16-6-5-14(8-17(16)29-22)12-27-19(33)9-15-10-24(25,26)11-15;1-2-3-1/h5-6,8,15,18,21H,2-4,7,9-12H2,1H3,(H,27,33)(H,28,29)(H,30,34);1-3H2. The molecule has 39 heavy (non-hydrogen) atoms. The zero-order valence-corrected chi connectivity index (χ0v) is 22.0. The molecule has 6 rings (SSSR count). The maximum absolute atomic E-state index is 13.0. The number of carbonyl (C=O) groups excluding carboxylic acids is 2. The average molecular weight is 545 g/mol. The summed E-state index contributed by atoms with van der Waals surface area (Å²) in [6.07, 6.45) is 6.60. The van der Waals surface area contributed by atoms with Crippen molar-refractivity contribution in [1.29, 1.82) is 0 Å².